The largest absolute Gasteiger partial charge is 0.392 e. The number of rotatable bonds is 4. The molecule has 3 aromatic rings. The van der Waals surface area contributed by atoms with Gasteiger partial charge in [-0.1, -0.05) is 24.6 Å². The van der Waals surface area contributed by atoms with Crippen LogP contribution in [0.4, 0.5) is 0 Å². The minimum absolute atomic E-state index is 0.0245. The van der Waals surface area contributed by atoms with Crippen molar-refractivity contribution < 1.29 is 5.11 Å². The molecule has 5 heteroatoms. The maximum atomic E-state index is 9.52. The second-order valence-electron chi connectivity index (χ2n) is 5.21. The number of halogens is 1. The molecule has 0 fully saturated rings. The zero-order valence-electron chi connectivity index (χ0n) is 12.2. The summed E-state index contributed by atoms with van der Waals surface area (Å²) in [5.74, 6) is 0. The van der Waals surface area contributed by atoms with Gasteiger partial charge in [-0.15, -0.1) is 0 Å². The second kappa shape index (κ2) is 5.54. The smallest absolute Gasteiger partial charge is 0.0702 e. The van der Waals surface area contributed by atoms with E-state index in [0.29, 0.717) is 11.6 Å². The average molecular weight is 304 g/mol. The Morgan fingerprint density at radius 2 is 2.10 bits per heavy atom. The van der Waals surface area contributed by atoms with Gasteiger partial charge >= 0.3 is 0 Å². The summed E-state index contributed by atoms with van der Waals surface area (Å²) in [6, 6.07) is 7.87. The third kappa shape index (κ3) is 2.57. The summed E-state index contributed by atoms with van der Waals surface area (Å²) >= 11 is 6.11. The fourth-order valence-corrected chi connectivity index (χ4v) is 2.83. The van der Waals surface area contributed by atoms with Crippen LogP contribution in [0.25, 0.3) is 10.9 Å². The van der Waals surface area contributed by atoms with Crippen molar-refractivity contribution in [1.82, 2.24) is 14.3 Å². The van der Waals surface area contributed by atoms with Crippen LogP contribution in [0.1, 0.15) is 23.9 Å². The molecule has 0 aliphatic rings. The Balaban J connectivity index is 2.07. The summed E-state index contributed by atoms with van der Waals surface area (Å²) in [6.45, 7) is 2.83. The molecule has 4 nitrogen and oxygen atoms in total. The molecule has 0 amide bonds. The summed E-state index contributed by atoms with van der Waals surface area (Å²) in [6.07, 6.45) is 2.91. The minimum Gasteiger partial charge on any atom is -0.392 e. The molecule has 21 heavy (non-hydrogen) atoms. The van der Waals surface area contributed by atoms with Gasteiger partial charge in [0.05, 0.1) is 30.1 Å². The SMILES string of the molecule is CCc1cc(Cn2cc(CO)c3ccc(Cl)cc32)n(C)n1. The van der Waals surface area contributed by atoms with Gasteiger partial charge in [-0.25, -0.2) is 0 Å². The van der Waals surface area contributed by atoms with Crippen LogP contribution in [0, 0.1) is 0 Å². The molecule has 2 heterocycles. The maximum absolute atomic E-state index is 9.52. The molecule has 0 atom stereocenters. The first-order valence-electron chi connectivity index (χ1n) is 7.02. The summed E-state index contributed by atoms with van der Waals surface area (Å²) in [4.78, 5) is 0. The third-order valence-corrected chi connectivity index (χ3v) is 4.05. The van der Waals surface area contributed by atoms with Gasteiger partial charge < -0.3 is 9.67 Å². The number of aliphatic hydroxyl groups is 1. The highest BCUT2D eigenvalue weighted by molar-refractivity contribution is 6.31. The van der Waals surface area contributed by atoms with Crippen molar-refractivity contribution in [3.05, 3.63) is 52.4 Å². The van der Waals surface area contributed by atoms with Crippen molar-refractivity contribution in [1.29, 1.82) is 0 Å². The molecule has 0 saturated carbocycles. The molecule has 110 valence electrons. The van der Waals surface area contributed by atoms with E-state index in [4.69, 9.17) is 11.6 Å². The molecule has 0 aliphatic heterocycles. The van der Waals surface area contributed by atoms with Crippen molar-refractivity contribution in [3.63, 3.8) is 0 Å². The number of aromatic nitrogens is 3. The lowest BCUT2D eigenvalue weighted by Crippen LogP contribution is -2.04. The fourth-order valence-electron chi connectivity index (χ4n) is 2.66. The van der Waals surface area contributed by atoms with E-state index >= 15 is 0 Å². The number of aryl methyl sites for hydroxylation is 2. The molecule has 3 rings (SSSR count). The highest BCUT2D eigenvalue weighted by Crippen LogP contribution is 2.25. The molecular formula is C16H18ClN3O. The van der Waals surface area contributed by atoms with Gasteiger partial charge in [-0.2, -0.15) is 5.10 Å². The summed E-state index contributed by atoms with van der Waals surface area (Å²) < 4.78 is 4.02. The Morgan fingerprint density at radius 1 is 1.29 bits per heavy atom. The average Bonchev–Trinajstić information content (AvgIpc) is 3.00. The van der Waals surface area contributed by atoms with E-state index < -0.39 is 0 Å². The zero-order chi connectivity index (χ0) is 15.0. The quantitative estimate of drug-likeness (QED) is 0.804. The molecule has 0 spiro atoms. The predicted molar refractivity (Wildman–Crippen MR) is 84.6 cm³/mol. The molecule has 0 aliphatic carbocycles. The summed E-state index contributed by atoms with van der Waals surface area (Å²) in [5, 5.41) is 15.7. The number of aliphatic hydroxyl groups excluding tert-OH is 1. The van der Waals surface area contributed by atoms with Crippen molar-refractivity contribution in [3.8, 4) is 0 Å². The van der Waals surface area contributed by atoms with E-state index in [0.717, 1.165) is 34.3 Å². The molecule has 0 radical (unpaired) electrons. The Morgan fingerprint density at radius 3 is 2.76 bits per heavy atom. The first-order chi connectivity index (χ1) is 10.1. The Labute approximate surface area is 128 Å². The fraction of sp³-hybridized carbons (Fsp3) is 0.312. The lowest BCUT2D eigenvalue weighted by molar-refractivity contribution is 0.283. The van der Waals surface area contributed by atoms with E-state index in [2.05, 4.69) is 22.7 Å². The molecule has 0 bridgehead atoms. The van der Waals surface area contributed by atoms with Crippen LogP contribution in [-0.2, 0) is 26.6 Å². The van der Waals surface area contributed by atoms with Gasteiger partial charge in [0, 0.05) is 29.2 Å². The Hall–Kier alpha value is -1.78. The topological polar surface area (TPSA) is 43.0 Å². The lowest BCUT2D eigenvalue weighted by Gasteiger charge is -2.06. The van der Waals surface area contributed by atoms with Crippen LogP contribution < -0.4 is 0 Å². The van der Waals surface area contributed by atoms with Crippen molar-refractivity contribution in [2.24, 2.45) is 7.05 Å². The first-order valence-corrected chi connectivity index (χ1v) is 7.40. The van der Waals surface area contributed by atoms with E-state index in [9.17, 15) is 5.11 Å². The highest BCUT2D eigenvalue weighted by atomic mass is 35.5. The monoisotopic (exact) mass is 303 g/mol. The molecule has 1 aromatic carbocycles. The van der Waals surface area contributed by atoms with Crippen molar-refractivity contribution in [2.75, 3.05) is 0 Å². The second-order valence-corrected chi connectivity index (χ2v) is 5.64. The molecule has 0 unspecified atom stereocenters. The van der Waals surface area contributed by atoms with Gasteiger partial charge in [-0.05, 0) is 24.6 Å². The van der Waals surface area contributed by atoms with Crippen molar-refractivity contribution >= 4 is 22.5 Å². The van der Waals surface area contributed by atoms with E-state index in [-0.39, 0.29) is 6.61 Å². The Kier molecular flexibility index (Phi) is 3.74. The van der Waals surface area contributed by atoms with E-state index in [1.54, 1.807) is 0 Å². The third-order valence-electron chi connectivity index (χ3n) is 3.82. The number of hydrogen-bond acceptors (Lipinski definition) is 2. The number of hydrogen-bond donors (Lipinski definition) is 1. The first kappa shape index (κ1) is 14.2. The lowest BCUT2D eigenvalue weighted by atomic mass is 10.2. The van der Waals surface area contributed by atoms with Crippen LogP contribution in [0.5, 0.6) is 0 Å². The van der Waals surface area contributed by atoms with Gasteiger partial charge in [-0.3, -0.25) is 4.68 Å². The zero-order valence-corrected chi connectivity index (χ0v) is 12.9. The highest BCUT2D eigenvalue weighted by Gasteiger charge is 2.11. The normalized spacial score (nSPS) is 11.4. The van der Waals surface area contributed by atoms with Gasteiger partial charge in [0.25, 0.3) is 0 Å². The van der Waals surface area contributed by atoms with Gasteiger partial charge in [0.1, 0.15) is 0 Å². The molecule has 0 saturated heterocycles. The summed E-state index contributed by atoms with van der Waals surface area (Å²) in [5.41, 5.74) is 4.17. The van der Waals surface area contributed by atoms with E-state index in [1.807, 2.05) is 36.1 Å². The number of fused-ring (bicyclic) bond motifs is 1. The van der Waals surface area contributed by atoms with Gasteiger partial charge in [0.2, 0.25) is 0 Å². The van der Waals surface area contributed by atoms with Crippen molar-refractivity contribution in [2.45, 2.75) is 26.5 Å². The molecule has 1 N–H and O–H groups in total. The van der Waals surface area contributed by atoms with Crippen LogP contribution >= 0.6 is 11.6 Å². The predicted octanol–water partition coefficient (Wildman–Crippen LogP) is 3.13. The standard InChI is InChI=1S/C16H18ClN3O/c1-3-13-7-14(19(2)18-13)9-20-8-11(10-21)15-5-4-12(17)6-16(15)20/h4-8,21H,3,9-10H2,1-2H3. The summed E-state index contributed by atoms with van der Waals surface area (Å²) in [7, 11) is 1.96. The maximum Gasteiger partial charge on any atom is 0.0702 e. The van der Waals surface area contributed by atoms with Crippen LogP contribution in [0.2, 0.25) is 5.02 Å². The Bertz CT molecular complexity index is 788. The number of benzene rings is 1. The van der Waals surface area contributed by atoms with Crippen LogP contribution in [0.3, 0.4) is 0 Å². The van der Waals surface area contributed by atoms with E-state index in [1.165, 1.54) is 0 Å². The van der Waals surface area contributed by atoms with Crippen LogP contribution in [-0.4, -0.2) is 19.5 Å². The molecular weight excluding hydrogens is 286 g/mol. The molecule has 2 aromatic heterocycles. The minimum atomic E-state index is 0.0245. The van der Waals surface area contributed by atoms with Crippen LogP contribution in [0.15, 0.2) is 30.5 Å². The van der Waals surface area contributed by atoms with Gasteiger partial charge in [0.15, 0.2) is 0 Å². The number of nitrogens with zero attached hydrogens (tertiary/aromatic N) is 3.